The summed E-state index contributed by atoms with van der Waals surface area (Å²) in [6.45, 7) is 0. The summed E-state index contributed by atoms with van der Waals surface area (Å²) < 4.78 is 5.23. The summed E-state index contributed by atoms with van der Waals surface area (Å²) in [5, 5.41) is 15.4. The van der Waals surface area contributed by atoms with Crippen molar-refractivity contribution in [2.24, 2.45) is 11.8 Å². The van der Waals surface area contributed by atoms with E-state index in [9.17, 15) is 19.5 Å². The largest absolute Gasteiger partial charge is 0.495 e. The molecule has 32 heavy (non-hydrogen) atoms. The van der Waals surface area contributed by atoms with E-state index in [1.807, 2.05) is 12.1 Å². The van der Waals surface area contributed by atoms with Crippen molar-refractivity contribution in [1.82, 2.24) is 0 Å². The van der Waals surface area contributed by atoms with Crippen molar-refractivity contribution >= 4 is 52.5 Å². The van der Waals surface area contributed by atoms with E-state index in [1.54, 1.807) is 42.5 Å². The van der Waals surface area contributed by atoms with Gasteiger partial charge >= 0.3 is 5.97 Å². The summed E-state index contributed by atoms with van der Waals surface area (Å²) in [5.74, 6) is -2.23. The molecule has 2 aromatic carbocycles. The zero-order chi connectivity index (χ0) is 23.1. The maximum Gasteiger partial charge on any atom is 0.307 e. The van der Waals surface area contributed by atoms with Gasteiger partial charge in [0.05, 0.1) is 30.4 Å². The molecule has 0 aromatic heterocycles. The highest BCUT2D eigenvalue weighted by Crippen LogP contribution is 2.30. The smallest absolute Gasteiger partial charge is 0.307 e. The van der Waals surface area contributed by atoms with Crippen molar-refractivity contribution in [1.29, 1.82) is 0 Å². The van der Waals surface area contributed by atoms with E-state index in [0.29, 0.717) is 35.0 Å². The number of carboxylic acids is 1. The molecule has 0 saturated heterocycles. The molecular weight excluding hydrogens is 452 g/mol. The lowest BCUT2D eigenvalue weighted by Gasteiger charge is -2.24. The van der Waals surface area contributed by atoms with E-state index in [2.05, 4.69) is 10.6 Å². The number of nitrogens with one attached hydrogen (secondary N) is 2. The first kappa shape index (κ1) is 23.7. The van der Waals surface area contributed by atoms with Gasteiger partial charge in [-0.1, -0.05) is 29.8 Å². The Morgan fingerprint density at radius 1 is 1.09 bits per heavy atom. The summed E-state index contributed by atoms with van der Waals surface area (Å²) in [6.07, 6.45) is 4.37. The Labute approximate surface area is 195 Å². The lowest BCUT2D eigenvalue weighted by molar-refractivity contribution is -0.146. The van der Waals surface area contributed by atoms with Crippen LogP contribution in [0.25, 0.3) is 0 Å². The van der Waals surface area contributed by atoms with E-state index in [4.69, 9.17) is 16.3 Å². The lowest BCUT2D eigenvalue weighted by Crippen LogP contribution is -2.34. The summed E-state index contributed by atoms with van der Waals surface area (Å²) in [7, 11) is 1.51. The number of rotatable bonds is 8. The molecule has 2 unspecified atom stereocenters. The number of thioether (sulfide) groups is 1. The van der Waals surface area contributed by atoms with Gasteiger partial charge in [-0.25, -0.2) is 0 Å². The standard InChI is InChI=1S/C23H23ClN2O5S/c1-31-20-10-9-14(24)11-19(20)26-21(27)13-32-16-6-4-5-15(12-16)25-22(28)17-7-2-3-8-18(17)23(29)30/h2-6,9-12,17-18H,7-8,13H2,1H3,(H,25,28)(H,26,27)(H,29,30). The third-order valence-electron chi connectivity index (χ3n) is 4.99. The normalized spacial score (nSPS) is 17.4. The number of hydrogen-bond donors (Lipinski definition) is 3. The van der Waals surface area contributed by atoms with Crippen LogP contribution in [-0.4, -0.2) is 35.8 Å². The first-order chi connectivity index (χ1) is 15.4. The second-order valence-corrected chi connectivity index (χ2v) is 8.68. The van der Waals surface area contributed by atoms with Crippen LogP contribution in [0.2, 0.25) is 5.02 Å². The number of carbonyl (C=O) groups excluding carboxylic acids is 2. The lowest BCUT2D eigenvalue weighted by atomic mass is 9.82. The minimum Gasteiger partial charge on any atom is -0.495 e. The summed E-state index contributed by atoms with van der Waals surface area (Å²) in [5.41, 5.74) is 1.04. The molecule has 0 aliphatic heterocycles. The van der Waals surface area contributed by atoms with Gasteiger partial charge in [-0.05, 0) is 49.2 Å². The van der Waals surface area contributed by atoms with Gasteiger partial charge in [-0.3, -0.25) is 14.4 Å². The fourth-order valence-electron chi connectivity index (χ4n) is 3.39. The number of halogens is 1. The highest BCUT2D eigenvalue weighted by molar-refractivity contribution is 8.00. The van der Waals surface area contributed by atoms with Crippen LogP contribution in [-0.2, 0) is 14.4 Å². The predicted molar refractivity (Wildman–Crippen MR) is 125 cm³/mol. The highest BCUT2D eigenvalue weighted by Gasteiger charge is 2.33. The van der Waals surface area contributed by atoms with Crippen molar-refractivity contribution in [3.8, 4) is 5.75 Å². The summed E-state index contributed by atoms with van der Waals surface area (Å²) in [4.78, 5) is 37.3. The quantitative estimate of drug-likeness (QED) is 0.379. The van der Waals surface area contributed by atoms with Crippen molar-refractivity contribution in [2.45, 2.75) is 17.7 Å². The van der Waals surface area contributed by atoms with E-state index < -0.39 is 17.8 Å². The second kappa shape index (κ2) is 11.1. The number of aliphatic carboxylic acids is 1. The van der Waals surface area contributed by atoms with Gasteiger partial charge in [-0.15, -0.1) is 11.8 Å². The topological polar surface area (TPSA) is 105 Å². The van der Waals surface area contributed by atoms with Crippen LogP contribution in [0.15, 0.2) is 59.5 Å². The Morgan fingerprint density at radius 3 is 2.56 bits per heavy atom. The first-order valence-electron chi connectivity index (χ1n) is 9.92. The fraction of sp³-hybridized carbons (Fsp3) is 0.261. The molecule has 0 spiro atoms. The maximum atomic E-state index is 12.6. The molecule has 0 fully saturated rings. The van der Waals surface area contributed by atoms with Crippen LogP contribution < -0.4 is 15.4 Å². The molecule has 0 heterocycles. The molecule has 2 atom stereocenters. The van der Waals surface area contributed by atoms with Crippen LogP contribution in [0, 0.1) is 11.8 Å². The number of amides is 2. The Kier molecular flexibility index (Phi) is 8.19. The monoisotopic (exact) mass is 474 g/mol. The molecule has 0 saturated carbocycles. The van der Waals surface area contributed by atoms with Crippen LogP contribution in [0.4, 0.5) is 11.4 Å². The molecule has 3 rings (SSSR count). The molecule has 7 nitrogen and oxygen atoms in total. The SMILES string of the molecule is COc1ccc(Cl)cc1NC(=O)CSc1cccc(NC(=O)C2CC=CCC2C(=O)O)c1. The number of benzene rings is 2. The molecule has 1 aliphatic carbocycles. The van der Waals surface area contributed by atoms with Gasteiger partial charge in [-0.2, -0.15) is 0 Å². The van der Waals surface area contributed by atoms with Gasteiger partial charge < -0.3 is 20.5 Å². The maximum absolute atomic E-state index is 12.6. The van der Waals surface area contributed by atoms with Crippen LogP contribution in [0.1, 0.15) is 12.8 Å². The van der Waals surface area contributed by atoms with Crippen LogP contribution in [0.5, 0.6) is 5.75 Å². The van der Waals surface area contributed by atoms with Crippen molar-refractivity contribution in [3.63, 3.8) is 0 Å². The average Bonchev–Trinajstić information content (AvgIpc) is 2.78. The van der Waals surface area contributed by atoms with E-state index in [1.165, 1.54) is 18.9 Å². The van der Waals surface area contributed by atoms with E-state index >= 15 is 0 Å². The number of carbonyl (C=O) groups is 3. The van der Waals surface area contributed by atoms with Gasteiger partial charge in [0.25, 0.3) is 0 Å². The second-order valence-electron chi connectivity index (χ2n) is 7.19. The number of methoxy groups -OCH3 is 1. The Bertz CT molecular complexity index is 1040. The number of ether oxygens (including phenoxy) is 1. The van der Waals surface area contributed by atoms with Gasteiger partial charge in [0.15, 0.2) is 0 Å². The Morgan fingerprint density at radius 2 is 1.84 bits per heavy atom. The molecule has 0 radical (unpaired) electrons. The van der Waals surface area contributed by atoms with Gasteiger partial charge in [0.2, 0.25) is 11.8 Å². The minimum atomic E-state index is -0.971. The number of carboxylic acid groups (broad SMARTS) is 1. The zero-order valence-corrected chi connectivity index (χ0v) is 18.9. The third-order valence-corrected chi connectivity index (χ3v) is 6.22. The minimum absolute atomic E-state index is 0.140. The van der Waals surface area contributed by atoms with Crippen LogP contribution >= 0.6 is 23.4 Å². The molecule has 2 aromatic rings. The van der Waals surface area contributed by atoms with Crippen LogP contribution in [0.3, 0.4) is 0 Å². The molecular formula is C23H23ClN2O5S. The molecule has 3 N–H and O–H groups in total. The number of allylic oxidation sites excluding steroid dienone is 2. The summed E-state index contributed by atoms with van der Waals surface area (Å²) in [6, 6.07) is 12.0. The van der Waals surface area contributed by atoms with E-state index in [0.717, 1.165) is 4.90 Å². The number of anilines is 2. The van der Waals surface area contributed by atoms with Crippen molar-refractivity contribution in [3.05, 3.63) is 59.6 Å². The van der Waals surface area contributed by atoms with Gasteiger partial charge in [0.1, 0.15) is 5.75 Å². The van der Waals surface area contributed by atoms with Crippen molar-refractivity contribution in [2.75, 3.05) is 23.5 Å². The highest BCUT2D eigenvalue weighted by atomic mass is 35.5. The van der Waals surface area contributed by atoms with Crippen molar-refractivity contribution < 1.29 is 24.2 Å². The number of hydrogen-bond acceptors (Lipinski definition) is 5. The Balaban J connectivity index is 1.59. The molecule has 1 aliphatic rings. The average molecular weight is 475 g/mol. The fourth-order valence-corrected chi connectivity index (χ4v) is 4.32. The predicted octanol–water partition coefficient (Wildman–Crippen LogP) is 4.68. The zero-order valence-electron chi connectivity index (χ0n) is 17.3. The Hall–Kier alpha value is -2.97. The molecule has 0 bridgehead atoms. The first-order valence-corrected chi connectivity index (χ1v) is 11.3. The molecule has 2 amide bonds. The molecule has 168 valence electrons. The van der Waals surface area contributed by atoms with Gasteiger partial charge in [0, 0.05) is 15.6 Å². The third kappa shape index (κ3) is 6.27. The van der Waals surface area contributed by atoms with E-state index in [-0.39, 0.29) is 17.6 Å². The summed E-state index contributed by atoms with van der Waals surface area (Å²) >= 11 is 7.29. The molecule has 9 heteroatoms.